The molecule has 8 heteroatoms. The lowest BCUT2D eigenvalue weighted by molar-refractivity contribution is -0.136. The summed E-state index contributed by atoms with van der Waals surface area (Å²) in [5.74, 6) is -1.27. The minimum atomic E-state index is -0.956. The Bertz CT molecular complexity index is 1150. The highest BCUT2D eigenvalue weighted by atomic mass is 16.5. The molecule has 0 bridgehead atoms. The fourth-order valence-electron chi connectivity index (χ4n) is 5.00. The van der Waals surface area contributed by atoms with E-state index in [1.165, 1.54) is 5.56 Å². The van der Waals surface area contributed by atoms with Crippen molar-refractivity contribution in [2.24, 2.45) is 5.92 Å². The Balaban J connectivity index is 1.22. The molecule has 35 heavy (non-hydrogen) atoms. The van der Waals surface area contributed by atoms with E-state index in [0.717, 1.165) is 61.6 Å². The maximum Gasteiger partial charge on any atom is 0.262 e. The van der Waals surface area contributed by atoms with Crippen LogP contribution in [0.2, 0.25) is 0 Å². The fraction of sp³-hybridized carbons (Fsp3) is 0.407. The van der Waals surface area contributed by atoms with E-state index in [1.54, 1.807) is 12.1 Å². The highest BCUT2D eigenvalue weighted by molar-refractivity contribution is 6.23. The van der Waals surface area contributed by atoms with Crippen molar-refractivity contribution in [3.8, 4) is 11.1 Å². The average Bonchev–Trinajstić information content (AvgIpc) is 3.12. The summed E-state index contributed by atoms with van der Waals surface area (Å²) in [6, 6.07) is 12.4. The second kappa shape index (κ2) is 10.1. The Morgan fingerprint density at radius 3 is 2.34 bits per heavy atom. The molecule has 3 aliphatic rings. The average molecular weight is 476 g/mol. The van der Waals surface area contributed by atoms with Crippen LogP contribution in [0.5, 0.6) is 0 Å². The van der Waals surface area contributed by atoms with Gasteiger partial charge in [-0.15, -0.1) is 0 Å². The first-order chi connectivity index (χ1) is 17.0. The molecule has 4 amide bonds. The van der Waals surface area contributed by atoms with Gasteiger partial charge in [0.05, 0.1) is 11.1 Å². The fourth-order valence-corrected chi connectivity index (χ4v) is 5.00. The van der Waals surface area contributed by atoms with Gasteiger partial charge in [-0.1, -0.05) is 30.3 Å². The second-order valence-corrected chi connectivity index (χ2v) is 9.41. The van der Waals surface area contributed by atoms with Crippen LogP contribution in [0.4, 0.5) is 0 Å². The molecule has 2 aromatic carbocycles. The Morgan fingerprint density at radius 1 is 0.886 bits per heavy atom. The maximum atomic E-state index is 13.1. The molecule has 2 N–H and O–H groups in total. The topological polar surface area (TPSA) is 105 Å². The number of fused-ring (bicyclic) bond motifs is 1. The van der Waals surface area contributed by atoms with E-state index in [1.807, 2.05) is 18.2 Å². The lowest BCUT2D eigenvalue weighted by atomic mass is 9.98. The summed E-state index contributed by atoms with van der Waals surface area (Å²) in [5.41, 5.74) is 3.59. The van der Waals surface area contributed by atoms with Crippen LogP contribution in [-0.4, -0.2) is 60.9 Å². The first-order valence-corrected chi connectivity index (χ1v) is 12.2. The number of nitrogens with one attached hydrogen (secondary N) is 2. The van der Waals surface area contributed by atoms with Crippen LogP contribution in [-0.2, 0) is 20.7 Å². The summed E-state index contributed by atoms with van der Waals surface area (Å²) < 4.78 is 5.41. The van der Waals surface area contributed by atoms with Crippen molar-refractivity contribution in [2.45, 2.75) is 38.1 Å². The lowest BCUT2D eigenvalue weighted by Gasteiger charge is -2.27. The van der Waals surface area contributed by atoms with Gasteiger partial charge in [0.2, 0.25) is 11.8 Å². The minimum absolute atomic E-state index is 0.104. The molecule has 1 unspecified atom stereocenters. The number of ether oxygens (including phenoxy) is 1. The molecule has 0 radical (unpaired) electrons. The first-order valence-electron chi connectivity index (χ1n) is 12.2. The molecule has 3 heterocycles. The van der Waals surface area contributed by atoms with Crippen molar-refractivity contribution in [1.82, 2.24) is 15.5 Å². The van der Waals surface area contributed by atoms with Gasteiger partial charge in [0.1, 0.15) is 6.04 Å². The summed E-state index contributed by atoms with van der Waals surface area (Å²) in [5, 5.41) is 5.76. The molecular weight excluding hydrogens is 446 g/mol. The van der Waals surface area contributed by atoms with E-state index in [-0.39, 0.29) is 24.3 Å². The molecule has 2 saturated heterocycles. The predicted octanol–water partition coefficient (Wildman–Crippen LogP) is 2.31. The van der Waals surface area contributed by atoms with Gasteiger partial charge in [-0.2, -0.15) is 0 Å². The second-order valence-electron chi connectivity index (χ2n) is 9.41. The zero-order chi connectivity index (χ0) is 24.4. The molecule has 0 spiro atoms. The summed E-state index contributed by atoms with van der Waals surface area (Å²) >= 11 is 0. The molecular formula is C27H29N3O5. The van der Waals surface area contributed by atoms with Crippen molar-refractivity contribution < 1.29 is 23.9 Å². The van der Waals surface area contributed by atoms with Crippen molar-refractivity contribution in [3.63, 3.8) is 0 Å². The molecule has 1 atom stereocenters. The van der Waals surface area contributed by atoms with E-state index in [4.69, 9.17) is 4.74 Å². The zero-order valence-corrected chi connectivity index (χ0v) is 19.5. The van der Waals surface area contributed by atoms with Gasteiger partial charge in [-0.25, -0.2) is 0 Å². The zero-order valence-electron chi connectivity index (χ0n) is 19.5. The van der Waals surface area contributed by atoms with Crippen LogP contribution in [0.25, 0.3) is 11.1 Å². The van der Waals surface area contributed by atoms with Crippen LogP contribution >= 0.6 is 0 Å². The van der Waals surface area contributed by atoms with Crippen LogP contribution in [0.3, 0.4) is 0 Å². The standard InChI is InChI=1S/C27H29N3O5/c31-24-8-7-23(25(32)29-24)30-26(33)21-6-5-20(15-22(21)27(30)34)19-3-1-17(2-4-19)9-12-28-16-18-10-13-35-14-11-18/h1-6,15,18,23,28H,7-14,16H2,(H,29,31,32). The number of benzene rings is 2. The smallest absolute Gasteiger partial charge is 0.262 e. The highest BCUT2D eigenvalue weighted by Crippen LogP contribution is 2.31. The third-order valence-corrected chi connectivity index (χ3v) is 7.09. The van der Waals surface area contributed by atoms with Crippen molar-refractivity contribution >= 4 is 23.6 Å². The largest absolute Gasteiger partial charge is 0.381 e. The quantitative estimate of drug-likeness (QED) is 0.470. The highest BCUT2D eigenvalue weighted by Gasteiger charge is 2.44. The molecule has 2 fully saturated rings. The van der Waals surface area contributed by atoms with Crippen LogP contribution in [0.1, 0.15) is 52.0 Å². The van der Waals surface area contributed by atoms with Crippen LogP contribution in [0.15, 0.2) is 42.5 Å². The number of rotatable bonds is 7. The van der Waals surface area contributed by atoms with Crippen molar-refractivity contribution in [2.75, 3.05) is 26.3 Å². The Morgan fingerprint density at radius 2 is 1.60 bits per heavy atom. The molecule has 5 rings (SSSR count). The third kappa shape index (κ3) is 4.90. The van der Waals surface area contributed by atoms with E-state index >= 15 is 0 Å². The van der Waals surface area contributed by atoms with E-state index in [2.05, 4.69) is 22.8 Å². The van der Waals surface area contributed by atoms with Crippen LogP contribution in [0, 0.1) is 5.92 Å². The maximum absolute atomic E-state index is 13.1. The molecule has 0 aromatic heterocycles. The molecule has 0 saturated carbocycles. The number of amides is 4. The normalized spacial score (nSPS) is 20.8. The lowest BCUT2D eigenvalue weighted by Crippen LogP contribution is -2.54. The Kier molecular flexibility index (Phi) is 6.74. The summed E-state index contributed by atoms with van der Waals surface area (Å²) in [6.07, 6.45) is 3.44. The van der Waals surface area contributed by atoms with E-state index in [9.17, 15) is 19.2 Å². The molecule has 3 aliphatic heterocycles. The number of hydrogen-bond donors (Lipinski definition) is 2. The van der Waals surface area contributed by atoms with Gasteiger partial charge in [0.25, 0.3) is 11.8 Å². The SMILES string of the molecule is O=C1CCC(N2C(=O)c3ccc(-c4ccc(CCNCC5CCOCC5)cc4)cc3C2=O)C(=O)N1. The van der Waals surface area contributed by atoms with Gasteiger partial charge >= 0.3 is 0 Å². The number of imide groups is 2. The summed E-state index contributed by atoms with van der Waals surface area (Å²) in [4.78, 5) is 50.6. The number of nitrogens with zero attached hydrogens (tertiary/aromatic N) is 1. The Hall–Kier alpha value is -3.36. The molecule has 182 valence electrons. The van der Waals surface area contributed by atoms with Gasteiger partial charge < -0.3 is 10.1 Å². The number of carbonyl (C=O) groups excluding carboxylic acids is 4. The van der Waals surface area contributed by atoms with Gasteiger partial charge in [-0.05, 0) is 73.5 Å². The van der Waals surface area contributed by atoms with Gasteiger partial charge in [0.15, 0.2) is 0 Å². The van der Waals surface area contributed by atoms with Crippen molar-refractivity contribution in [1.29, 1.82) is 0 Å². The predicted molar refractivity (Wildman–Crippen MR) is 129 cm³/mol. The monoisotopic (exact) mass is 475 g/mol. The van der Waals surface area contributed by atoms with E-state index in [0.29, 0.717) is 11.5 Å². The molecule has 0 aliphatic carbocycles. The molecule has 8 nitrogen and oxygen atoms in total. The van der Waals surface area contributed by atoms with Crippen LogP contribution < -0.4 is 10.6 Å². The molecule has 2 aromatic rings. The summed E-state index contributed by atoms with van der Waals surface area (Å²) in [6.45, 7) is 3.68. The summed E-state index contributed by atoms with van der Waals surface area (Å²) in [7, 11) is 0. The number of piperidine rings is 1. The van der Waals surface area contributed by atoms with Gasteiger partial charge in [-0.3, -0.25) is 29.4 Å². The number of carbonyl (C=O) groups is 4. The third-order valence-electron chi connectivity index (χ3n) is 7.09. The van der Waals surface area contributed by atoms with E-state index < -0.39 is 23.8 Å². The number of hydrogen-bond acceptors (Lipinski definition) is 6. The Labute approximate surface area is 204 Å². The van der Waals surface area contributed by atoms with Crippen molar-refractivity contribution in [3.05, 3.63) is 59.2 Å². The van der Waals surface area contributed by atoms with Gasteiger partial charge in [0, 0.05) is 19.6 Å². The minimum Gasteiger partial charge on any atom is -0.381 e. The first kappa shape index (κ1) is 23.4.